The van der Waals surface area contributed by atoms with Crippen LogP contribution in [-0.2, 0) is 33.2 Å². The van der Waals surface area contributed by atoms with Crippen LogP contribution in [0, 0.1) is 0 Å². The Hall–Kier alpha value is -3.55. The van der Waals surface area contributed by atoms with Crippen molar-refractivity contribution in [3.05, 3.63) is 109 Å². The molecule has 80 heavy (non-hydrogen) atoms. The third-order valence-corrected chi connectivity index (χ3v) is 13.8. The van der Waals surface area contributed by atoms with Crippen molar-refractivity contribution in [2.75, 3.05) is 26.4 Å². The van der Waals surface area contributed by atoms with E-state index in [2.05, 4.69) is 116 Å². The summed E-state index contributed by atoms with van der Waals surface area (Å²) < 4.78 is 34.0. The molecule has 456 valence electrons. The molecule has 17 atom stereocenters. The quantitative estimate of drug-likeness (QED) is 0.0291. The van der Waals surface area contributed by atoms with Gasteiger partial charge in [-0.25, -0.2) is 0 Å². The number of aliphatic hydroxyl groups excluding tert-OH is 11. The molecule has 0 aromatic heterocycles. The Morgan fingerprint density at radius 1 is 0.463 bits per heavy atom. The zero-order valence-corrected chi connectivity index (χ0v) is 47.2. The molecule has 3 rings (SSSR count). The molecular formula is C61H99NO18. The molecule has 19 heteroatoms. The maximum absolute atomic E-state index is 13.2. The van der Waals surface area contributed by atoms with E-state index in [1.807, 2.05) is 6.08 Å². The van der Waals surface area contributed by atoms with Gasteiger partial charge in [0, 0.05) is 6.42 Å². The van der Waals surface area contributed by atoms with E-state index in [1.54, 1.807) is 6.08 Å². The topological polar surface area (TPSA) is 307 Å². The normalized spacial score (nSPS) is 30.8. The summed E-state index contributed by atoms with van der Waals surface area (Å²) in [7, 11) is 0. The first kappa shape index (κ1) is 70.7. The number of rotatable bonds is 40. The van der Waals surface area contributed by atoms with Gasteiger partial charge < -0.3 is 89.9 Å². The van der Waals surface area contributed by atoms with Crippen LogP contribution in [0.1, 0.15) is 136 Å². The van der Waals surface area contributed by atoms with Crippen molar-refractivity contribution in [2.45, 2.75) is 240 Å². The zero-order valence-electron chi connectivity index (χ0n) is 47.2. The Kier molecular flexibility index (Phi) is 38.1. The first-order valence-corrected chi connectivity index (χ1v) is 29.1. The molecule has 12 N–H and O–H groups in total. The Morgan fingerprint density at radius 2 is 0.863 bits per heavy atom. The van der Waals surface area contributed by atoms with Crippen molar-refractivity contribution in [1.82, 2.24) is 5.32 Å². The first-order chi connectivity index (χ1) is 38.8. The fourth-order valence-corrected chi connectivity index (χ4v) is 9.03. The average molecular weight is 1130 g/mol. The zero-order chi connectivity index (χ0) is 58.3. The van der Waals surface area contributed by atoms with Crippen molar-refractivity contribution in [3.8, 4) is 0 Å². The van der Waals surface area contributed by atoms with Crippen LogP contribution in [0.25, 0.3) is 0 Å². The number of carbonyl (C=O) groups is 1. The second-order valence-corrected chi connectivity index (χ2v) is 20.4. The van der Waals surface area contributed by atoms with Crippen LogP contribution in [0.15, 0.2) is 109 Å². The minimum absolute atomic E-state index is 0.204. The van der Waals surface area contributed by atoms with Gasteiger partial charge in [0.1, 0.15) is 73.2 Å². The van der Waals surface area contributed by atoms with Gasteiger partial charge >= 0.3 is 0 Å². The predicted molar refractivity (Wildman–Crippen MR) is 304 cm³/mol. The minimum Gasteiger partial charge on any atom is -0.394 e. The van der Waals surface area contributed by atoms with Crippen LogP contribution < -0.4 is 5.32 Å². The molecule has 3 fully saturated rings. The number of hydrogen-bond donors (Lipinski definition) is 12. The fourth-order valence-electron chi connectivity index (χ4n) is 9.03. The van der Waals surface area contributed by atoms with Crippen LogP contribution in [0.2, 0.25) is 0 Å². The first-order valence-electron chi connectivity index (χ1n) is 29.1. The molecule has 0 aromatic carbocycles. The molecule has 0 saturated carbocycles. The SMILES string of the molecule is CC/C=C\C/C=C\C/C=C\C/C=C\C/C=C\C/C=C\C/C=C\C/C=C\CCCCCCC(=O)NC(COC1OC(CO)C(OC2OC(CO)C(OC3OC(CO)C(O)C(O)C3O)C(O)C2O)C(O)C1O)C(O)/C=C/CCCCCC. The van der Waals surface area contributed by atoms with Gasteiger partial charge in [0.05, 0.1) is 38.6 Å². The third-order valence-electron chi connectivity index (χ3n) is 13.8. The number of amides is 1. The van der Waals surface area contributed by atoms with E-state index < -0.39 is 124 Å². The number of aliphatic hydroxyl groups is 11. The number of ether oxygens (including phenoxy) is 6. The molecule has 3 aliphatic heterocycles. The number of unbranched alkanes of at least 4 members (excludes halogenated alkanes) is 8. The lowest BCUT2D eigenvalue weighted by Gasteiger charge is -2.48. The molecular weight excluding hydrogens is 1030 g/mol. The molecule has 1 amide bonds. The Balaban J connectivity index is 1.40. The monoisotopic (exact) mass is 1130 g/mol. The summed E-state index contributed by atoms with van der Waals surface area (Å²) in [5.41, 5.74) is 0. The lowest BCUT2D eigenvalue weighted by molar-refractivity contribution is -0.379. The maximum atomic E-state index is 13.2. The van der Waals surface area contributed by atoms with Crippen LogP contribution in [-0.4, -0.2) is 193 Å². The van der Waals surface area contributed by atoms with Gasteiger partial charge in [-0.1, -0.05) is 155 Å². The number of nitrogens with one attached hydrogen (secondary N) is 1. The maximum Gasteiger partial charge on any atom is 0.220 e. The molecule has 3 saturated heterocycles. The number of allylic oxidation sites excluding steroid dienone is 17. The second kappa shape index (κ2) is 43.1. The van der Waals surface area contributed by atoms with Crippen LogP contribution in [0.5, 0.6) is 0 Å². The van der Waals surface area contributed by atoms with E-state index in [-0.39, 0.29) is 18.9 Å². The summed E-state index contributed by atoms with van der Waals surface area (Å²) in [5.74, 6) is -0.313. The largest absolute Gasteiger partial charge is 0.394 e. The highest BCUT2D eigenvalue weighted by Crippen LogP contribution is 2.33. The molecule has 3 heterocycles. The second-order valence-electron chi connectivity index (χ2n) is 20.4. The average Bonchev–Trinajstić information content (AvgIpc) is 3.45. The lowest BCUT2D eigenvalue weighted by Crippen LogP contribution is -2.66. The Bertz CT molecular complexity index is 1880. The Morgan fingerprint density at radius 3 is 1.34 bits per heavy atom. The molecule has 0 bridgehead atoms. The van der Waals surface area contributed by atoms with E-state index in [9.17, 15) is 61.0 Å². The van der Waals surface area contributed by atoms with E-state index in [1.165, 1.54) is 0 Å². The fraction of sp³-hybridized carbons (Fsp3) is 0.689. The van der Waals surface area contributed by atoms with Gasteiger partial charge in [-0.2, -0.15) is 0 Å². The van der Waals surface area contributed by atoms with E-state index >= 15 is 0 Å². The summed E-state index contributed by atoms with van der Waals surface area (Å²) in [4.78, 5) is 13.2. The third kappa shape index (κ3) is 26.8. The highest BCUT2D eigenvalue weighted by Gasteiger charge is 2.53. The van der Waals surface area contributed by atoms with Crippen LogP contribution in [0.4, 0.5) is 0 Å². The minimum atomic E-state index is -1.98. The summed E-state index contributed by atoms with van der Waals surface area (Å²) >= 11 is 0. The smallest absolute Gasteiger partial charge is 0.220 e. The summed E-state index contributed by atoms with van der Waals surface area (Å²) in [6.45, 7) is 1.44. The van der Waals surface area contributed by atoms with E-state index in [4.69, 9.17) is 28.4 Å². The van der Waals surface area contributed by atoms with Gasteiger partial charge in [0.15, 0.2) is 18.9 Å². The summed E-state index contributed by atoms with van der Waals surface area (Å²) in [5, 5.41) is 119. The number of carbonyl (C=O) groups excluding carboxylic acids is 1. The van der Waals surface area contributed by atoms with Crippen LogP contribution >= 0.6 is 0 Å². The molecule has 19 nitrogen and oxygen atoms in total. The molecule has 0 spiro atoms. The standard InChI is InChI=1S/C61H99NO18/c1-3-5-7-9-11-12-13-14-15-16-17-18-19-20-21-22-23-24-25-26-27-28-29-30-31-32-33-35-37-39-49(67)62-44(45(66)38-36-34-10-8-6-4-2)43-75-59-55(73)52(70)57(47(41-64)77-59)80-61-56(74)53(71)58(48(42-65)78-61)79-60-54(72)51(69)50(68)46(40-63)76-60/h5,7,11-12,14-15,17-18,20-21,23-24,26-27,29-30,36,38,44-48,50-61,63-66,68-74H,3-4,6,8-10,13,16,19,22,25,28,31-35,37,39-43H2,1-2H3,(H,62,67)/b7-5-,12-11-,15-14-,18-17-,21-20-,24-23-,27-26-,30-29-,38-36+. The highest BCUT2D eigenvalue weighted by atomic mass is 16.8. The van der Waals surface area contributed by atoms with Crippen molar-refractivity contribution in [2.24, 2.45) is 0 Å². The highest BCUT2D eigenvalue weighted by molar-refractivity contribution is 5.76. The molecule has 0 aromatic rings. The molecule has 17 unspecified atom stereocenters. The molecule has 0 aliphatic carbocycles. The predicted octanol–water partition coefficient (Wildman–Crippen LogP) is 4.75. The molecule has 0 radical (unpaired) electrons. The van der Waals surface area contributed by atoms with Crippen molar-refractivity contribution in [1.29, 1.82) is 0 Å². The number of hydrogen-bond acceptors (Lipinski definition) is 18. The van der Waals surface area contributed by atoms with Gasteiger partial charge in [0.2, 0.25) is 5.91 Å². The van der Waals surface area contributed by atoms with Crippen molar-refractivity contribution in [3.63, 3.8) is 0 Å². The van der Waals surface area contributed by atoms with E-state index in [0.29, 0.717) is 12.8 Å². The Labute approximate surface area is 475 Å². The lowest BCUT2D eigenvalue weighted by atomic mass is 9.96. The van der Waals surface area contributed by atoms with Crippen molar-refractivity contribution < 1.29 is 89.4 Å². The summed E-state index contributed by atoms with van der Waals surface area (Å²) in [6, 6.07) is -0.991. The van der Waals surface area contributed by atoms with E-state index in [0.717, 1.165) is 103 Å². The van der Waals surface area contributed by atoms with Gasteiger partial charge in [-0.05, 0) is 83.5 Å². The van der Waals surface area contributed by atoms with Crippen LogP contribution in [0.3, 0.4) is 0 Å². The van der Waals surface area contributed by atoms with Crippen molar-refractivity contribution >= 4 is 5.91 Å². The molecule has 3 aliphatic rings. The van der Waals surface area contributed by atoms with Gasteiger partial charge in [-0.15, -0.1) is 0 Å². The summed E-state index contributed by atoms with van der Waals surface area (Å²) in [6.07, 6.45) is 28.5. The van der Waals surface area contributed by atoms with Gasteiger partial charge in [0.25, 0.3) is 0 Å². The van der Waals surface area contributed by atoms with Gasteiger partial charge in [-0.3, -0.25) is 4.79 Å².